The first-order chi connectivity index (χ1) is 7.22. The standard InChI is InChI=1S/C6H3F3.C6H6/c7-4-2-1-3-5(8)6(4)9;1-2-4-6-5-3-1/h1-3H;1-6H. The molecule has 0 radical (unpaired) electrons. The molecule has 78 valence electrons. The minimum Gasteiger partial charge on any atom is -0.204 e. The highest BCUT2D eigenvalue weighted by Crippen LogP contribution is 2.07. The lowest BCUT2D eigenvalue weighted by atomic mass is 10.3. The molecule has 0 bridgehead atoms. The maximum absolute atomic E-state index is 12.0. The van der Waals surface area contributed by atoms with Gasteiger partial charge in [0.05, 0.1) is 0 Å². The molecule has 0 fully saturated rings. The highest BCUT2D eigenvalue weighted by Gasteiger charge is 2.04. The molecular weight excluding hydrogens is 201 g/mol. The lowest BCUT2D eigenvalue weighted by Gasteiger charge is -1.90. The van der Waals surface area contributed by atoms with Gasteiger partial charge in [0.15, 0.2) is 17.5 Å². The summed E-state index contributed by atoms with van der Waals surface area (Å²) in [5.41, 5.74) is 0. The molecule has 0 atom stereocenters. The van der Waals surface area contributed by atoms with Crippen molar-refractivity contribution in [3.8, 4) is 0 Å². The normalized spacial score (nSPS) is 9.00. The first kappa shape index (κ1) is 11.3. The average molecular weight is 210 g/mol. The van der Waals surface area contributed by atoms with E-state index in [1.54, 1.807) is 0 Å². The number of hydrogen-bond donors (Lipinski definition) is 0. The van der Waals surface area contributed by atoms with Gasteiger partial charge in [0.1, 0.15) is 0 Å². The van der Waals surface area contributed by atoms with Crippen LogP contribution >= 0.6 is 0 Å². The van der Waals surface area contributed by atoms with E-state index in [4.69, 9.17) is 0 Å². The fourth-order valence-electron chi connectivity index (χ4n) is 0.862. The Balaban J connectivity index is 0.000000162. The second kappa shape index (κ2) is 5.86. The summed E-state index contributed by atoms with van der Waals surface area (Å²) in [5.74, 6) is -3.73. The molecule has 0 unspecified atom stereocenters. The van der Waals surface area contributed by atoms with Crippen molar-refractivity contribution >= 4 is 0 Å². The predicted molar refractivity (Wildman–Crippen MR) is 52.8 cm³/mol. The fourth-order valence-corrected chi connectivity index (χ4v) is 0.862. The zero-order valence-electron chi connectivity index (χ0n) is 7.83. The molecule has 0 saturated carbocycles. The van der Waals surface area contributed by atoms with Crippen LogP contribution in [0.3, 0.4) is 0 Å². The average Bonchev–Trinajstić information content (AvgIpc) is 2.29. The molecule has 0 aromatic heterocycles. The van der Waals surface area contributed by atoms with Gasteiger partial charge in [0.2, 0.25) is 0 Å². The third kappa shape index (κ3) is 3.85. The van der Waals surface area contributed by atoms with Gasteiger partial charge in [-0.2, -0.15) is 0 Å². The summed E-state index contributed by atoms with van der Waals surface area (Å²) < 4.78 is 35.9. The molecule has 0 saturated heterocycles. The summed E-state index contributed by atoms with van der Waals surface area (Å²) in [5, 5.41) is 0. The summed E-state index contributed by atoms with van der Waals surface area (Å²) in [6, 6.07) is 14.8. The van der Waals surface area contributed by atoms with Gasteiger partial charge in [-0.25, -0.2) is 13.2 Å². The Kier molecular flexibility index (Phi) is 4.41. The maximum atomic E-state index is 12.0. The van der Waals surface area contributed by atoms with E-state index in [1.165, 1.54) is 0 Å². The third-order valence-corrected chi connectivity index (χ3v) is 1.57. The summed E-state index contributed by atoms with van der Waals surface area (Å²) >= 11 is 0. The van der Waals surface area contributed by atoms with Crippen molar-refractivity contribution in [3.63, 3.8) is 0 Å². The Hall–Kier alpha value is -1.77. The third-order valence-electron chi connectivity index (χ3n) is 1.57. The number of rotatable bonds is 0. The molecule has 0 nitrogen and oxygen atoms in total. The molecule has 0 spiro atoms. The van der Waals surface area contributed by atoms with E-state index >= 15 is 0 Å². The highest BCUT2D eigenvalue weighted by atomic mass is 19.2. The molecule has 3 heteroatoms. The number of benzene rings is 2. The Morgan fingerprint density at radius 2 is 0.867 bits per heavy atom. The minimum absolute atomic E-state index is 0.860. The lowest BCUT2D eigenvalue weighted by Crippen LogP contribution is -1.86. The van der Waals surface area contributed by atoms with Gasteiger partial charge in [-0.3, -0.25) is 0 Å². The Labute approximate surface area is 86.0 Å². The van der Waals surface area contributed by atoms with Gasteiger partial charge in [0, 0.05) is 0 Å². The van der Waals surface area contributed by atoms with Crippen molar-refractivity contribution in [2.24, 2.45) is 0 Å². The monoisotopic (exact) mass is 210 g/mol. The van der Waals surface area contributed by atoms with Crippen molar-refractivity contribution in [2.45, 2.75) is 0 Å². The van der Waals surface area contributed by atoms with Crippen molar-refractivity contribution in [1.82, 2.24) is 0 Å². The van der Waals surface area contributed by atoms with E-state index in [-0.39, 0.29) is 0 Å². The van der Waals surface area contributed by atoms with Gasteiger partial charge in [-0.05, 0) is 12.1 Å². The van der Waals surface area contributed by atoms with Crippen molar-refractivity contribution in [1.29, 1.82) is 0 Å². The topological polar surface area (TPSA) is 0 Å². The van der Waals surface area contributed by atoms with Crippen LogP contribution < -0.4 is 0 Å². The molecule has 2 aromatic carbocycles. The Bertz CT molecular complexity index is 352. The summed E-state index contributed by atoms with van der Waals surface area (Å²) in [7, 11) is 0. The summed E-state index contributed by atoms with van der Waals surface area (Å²) in [6.45, 7) is 0. The van der Waals surface area contributed by atoms with Crippen LogP contribution in [0.4, 0.5) is 13.2 Å². The van der Waals surface area contributed by atoms with Crippen LogP contribution in [0.2, 0.25) is 0 Å². The molecule has 0 N–H and O–H groups in total. The molecule has 15 heavy (non-hydrogen) atoms. The number of hydrogen-bond acceptors (Lipinski definition) is 0. The second-order valence-electron chi connectivity index (χ2n) is 2.69. The molecule has 2 aromatic rings. The molecule has 0 amide bonds. The van der Waals surface area contributed by atoms with E-state index in [9.17, 15) is 13.2 Å². The van der Waals surface area contributed by atoms with Gasteiger partial charge in [-0.15, -0.1) is 0 Å². The largest absolute Gasteiger partial charge is 0.204 e. The van der Waals surface area contributed by atoms with Gasteiger partial charge in [0.25, 0.3) is 0 Å². The van der Waals surface area contributed by atoms with Gasteiger partial charge >= 0.3 is 0 Å². The first-order valence-corrected chi connectivity index (χ1v) is 4.31. The van der Waals surface area contributed by atoms with Crippen LogP contribution in [-0.4, -0.2) is 0 Å². The van der Waals surface area contributed by atoms with Crippen molar-refractivity contribution < 1.29 is 13.2 Å². The molecule has 0 heterocycles. The quantitative estimate of drug-likeness (QED) is 0.580. The van der Waals surface area contributed by atoms with E-state index in [2.05, 4.69) is 0 Å². The molecule has 0 aliphatic rings. The van der Waals surface area contributed by atoms with Gasteiger partial charge < -0.3 is 0 Å². The van der Waals surface area contributed by atoms with Crippen LogP contribution in [0.15, 0.2) is 54.6 Å². The van der Waals surface area contributed by atoms with E-state index in [1.807, 2.05) is 36.4 Å². The van der Waals surface area contributed by atoms with E-state index < -0.39 is 17.5 Å². The van der Waals surface area contributed by atoms with Crippen LogP contribution in [0.25, 0.3) is 0 Å². The van der Waals surface area contributed by atoms with Crippen molar-refractivity contribution in [2.75, 3.05) is 0 Å². The Morgan fingerprint density at radius 3 is 1.13 bits per heavy atom. The lowest BCUT2D eigenvalue weighted by molar-refractivity contribution is 0.447. The van der Waals surface area contributed by atoms with Crippen LogP contribution in [0.5, 0.6) is 0 Å². The zero-order chi connectivity index (χ0) is 11.1. The zero-order valence-corrected chi connectivity index (χ0v) is 7.83. The fraction of sp³-hybridized carbons (Fsp3) is 0. The van der Waals surface area contributed by atoms with Crippen molar-refractivity contribution in [3.05, 3.63) is 72.0 Å². The van der Waals surface area contributed by atoms with E-state index in [0.29, 0.717) is 0 Å². The molecule has 2 rings (SSSR count). The van der Waals surface area contributed by atoms with Crippen LogP contribution in [-0.2, 0) is 0 Å². The molecule has 0 aliphatic carbocycles. The predicted octanol–water partition coefficient (Wildman–Crippen LogP) is 3.79. The SMILES string of the molecule is Fc1cccc(F)c1F.c1ccccc1. The molecule has 0 aliphatic heterocycles. The summed E-state index contributed by atoms with van der Waals surface area (Å²) in [4.78, 5) is 0. The Morgan fingerprint density at radius 1 is 0.533 bits per heavy atom. The minimum atomic E-state index is -1.42. The second-order valence-corrected chi connectivity index (χ2v) is 2.69. The smallest absolute Gasteiger partial charge is 0.194 e. The first-order valence-electron chi connectivity index (χ1n) is 4.31. The highest BCUT2D eigenvalue weighted by molar-refractivity contribution is 5.07. The van der Waals surface area contributed by atoms with Gasteiger partial charge in [-0.1, -0.05) is 42.5 Å². The number of halogens is 3. The van der Waals surface area contributed by atoms with E-state index in [0.717, 1.165) is 18.2 Å². The van der Waals surface area contributed by atoms with Crippen LogP contribution in [0, 0.1) is 17.5 Å². The summed E-state index contributed by atoms with van der Waals surface area (Å²) in [6.07, 6.45) is 0. The maximum Gasteiger partial charge on any atom is 0.194 e. The molecular formula is C12H9F3. The van der Waals surface area contributed by atoms with Crippen LogP contribution in [0.1, 0.15) is 0 Å².